The van der Waals surface area contributed by atoms with Crippen LogP contribution in [0.25, 0.3) is 126 Å². The van der Waals surface area contributed by atoms with Gasteiger partial charge in [-0.2, -0.15) is 0 Å². The molecule has 9 aromatic carbocycles. The van der Waals surface area contributed by atoms with Crippen molar-refractivity contribution in [3.8, 4) is 22.3 Å². The van der Waals surface area contributed by atoms with Gasteiger partial charge in [-0.05, 0) is 69.1 Å². The maximum absolute atomic E-state index is 6.44. The van der Waals surface area contributed by atoms with Crippen molar-refractivity contribution in [2.45, 2.75) is 0 Å². The fraction of sp³-hybridized carbons (Fsp3) is 0. The minimum Gasteiger partial charge on any atom is -0.456 e. The molecule has 0 amide bonds. The van der Waals surface area contributed by atoms with Crippen molar-refractivity contribution in [2.24, 2.45) is 0 Å². The number of hydrogen-bond acceptors (Lipinski definition) is 2. The van der Waals surface area contributed by atoms with Gasteiger partial charge in [-0.25, -0.2) is 0 Å². The lowest BCUT2D eigenvalue weighted by Crippen LogP contribution is -1.89. The SMILES string of the molecule is c1ccc2c(-c3cccc4oc5ccccc5c34)c3c4cccc5c6c(-c7cccc8oc9ccccc9c78)c7ccccc7cc6n(c3cc2c1)c45. The monoisotopic (exact) mass is 673 g/mol. The molecule has 0 bridgehead atoms. The first kappa shape index (κ1) is 27.6. The molecule has 0 saturated heterocycles. The lowest BCUT2D eigenvalue weighted by atomic mass is 9.89. The van der Waals surface area contributed by atoms with Gasteiger partial charge in [0, 0.05) is 54.2 Å². The standard InChI is InChI=1S/C50H27NO2/c1-3-14-30-28(12-1)26-38-48(46(30)34-18-10-24-42-44(34)32-16-5-7-22-40(32)52-42)36-20-9-21-37-49-39(51(38)50(36)37)27-29-13-2-4-15-31(29)47(49)35-19-11-25-43-45(35)33-17-6-8-23-41(33)53-43/h1-27H. The van der Waals surface area contributed by atoms with Crippen LogP contribution in [0.3, 0.4) is 0 Å². The molecule has 0 aliphatic carbocycles. The highest BCUT2D eigenvalue weighted by molar-refractivity contribution is 6.34. The van der Waals surface area contributed by atoms with Gasteiger partial charge in [0.25, 0.3) is 0 Å². The third-order valence-corrected chi connectivity index (χ3v) is 11.7. The highest BCUT2D eigenvalue weighted by Crippen LogP contribution is 2.51. The quantitative estimate of drug-likeness (QED) is 0.183. The zero-order valence-electron chi connectivity index (χ0n) is 28.4. The van der Waals surface area contributed by atoms with Crippen LogP contribution in [0, 0.1) is 0 Å². The van der Waals surface area contributed by atoms with Crippen molar-refractivity contribution in [1.29, 1.82) is 0 Å². The van der Waals surface area contributed by atoms with Crippen molar-refractivity contribution >= 4 is 104 Å². The molecule has 3 nitrogen and oxygen atoms in total. The molecule has 0 N–H and O–H groups in total. The number of hydrogen-bond donors (Lipinski definition) is 0. The number of furan rings is 2. The molecular weight excluding hydrogens is 647 g/mol. The zero-order chi connectivity index (χ0) is 34.4. The normalized spacial score (nSPS) is 12.5. The van der Waals surface area contributed by atoms with E-state index in [1.165, 1.54) is 81.9 Å². The third-order valence-electron chi connectivity index (χ3n) is 11.7. The van der Waals surface area contributed by atoms with Crippen molar-refractivity contribution in [3.63, 3.8) is 0 Å². The van der Waals surface area contributed by atoms with Gasteiger partial charge in [0.2, 0.25) is 0 Å². The van der Waals surface area contributed by atoms with E-state index in [-0.39, 0.29) is 0 Å². The average Bonchev–Trinajstić information content (AvgIpc) is 3.96. The second-order valence-corrected chi connectivity index (χ2v) is 14.3. The smallest absolute Gasteiger partial charge is 0.136 e. The molecule has 0 aliphatic heterocycles. The largest absolute Gasteiger partial charge is 0.456 e. The maximum atomic E-state index is 6.44. The number of rotatable bonds is 2. The molecule has 0 unspecified atom stereocenters. The van der Waals surface area contributed by atoms with Gasteiger partial charge < -0.3 is 13.2 Å². The summed E-state index contributed by atoms with van der Waals surface area (Å²) < 4.78 is 15.4. The Labute approximate surface area is 301 Å². The predicted molar refractivity (Wildman–Crippen MR) is 222 cm³/mol. The van der Waals surface area contributed by atoms with E-state index < -0.39 is 0 Å². The van der Waals surface area contributed by atoms with E-state index in [2.05, 4.69) is 156 Å². The summed E-state index contributed by atoms with van der Waals surface area (Å²) >= 11 is 0. The van der Waals surface area contributed by atoms with Crippen LogP contribution in [0.4, 0.5) is 0 Å². The van der Waals surface area contributed by atoms with E-state index in [0.717, 1.165) is 43.9 Å². The van der Waals surface area contributed by atoms with Gasteiger partial charge in [-0.1, -0.05) is 127 Å². The van der Waals surface area contributed by atoms with Crippen LogP contribution in [-0.2, 0) is 0 Å². The Balaban J connectivity index is 1.26. The molecule has 13 aromatic rings. The molecule has 0 radical (unpaired) electrons. The molecule has 4 aromatic heterocycles. The fourth-order valence-corrected chi connectivity index (χ4v) is 9.65. The lowest BCUT2D eigenvalue weighted by molar-refractivity contribution is 0.668. The van der Waals surface area contributed by atoms with Gasteiger partial charge >= 0.3 is 0 Å². The van der Waals surface area contributed by atoms with Gasteiger partial charge in [0.1, 0.15) is 22.3 Å². The molecular formula is C50H27NO2. The van der Waals surface area contributed by atoms with E-state index >= 15 is 0 Å². The fourth-order valence-electron chi connectivity index (χ4n) is 9.65. The molecule has 0 fully saturated rings. The second-order valence-electron chi connectivity index (χ2n) is 14.3. The van der Waals surface area contributed by atoms with Gasteiger partial charge in [-0.3, -0.25) is 0 Å². The Morgan fingerprint density at radius 2 is 0.717 bits per heavy atom. The van der Waals surface area contributed by atoms with Crippen molar-refractivity contribution in [2.75, 3.05) is 0 Å². The Morgan fingerprint density at radius 3 is 1.23 bits per heavy atom. The summed E-state index contributed by atoms with van der Waals surface area (Å²) in [7, 11) is 0. The van der Waals surface area contributed by atoms with E-state index in [0.29, 0.717) is 0 Å². The Hall–Kier alpha value is -7.10. The Kier molecular flexibility index (Phi) is 5.11. The molecule has 244 valence electrons. The van der Waals surface area contributed by atoms with Gasteiger partial charge in [-0.15, -0.1) is 0 Å². The van der Waals surface area contributed by atoms with Crippen LogP contribution >= 0.6 is 0 Å². The molecule has 0 atom stereocenters. The average molecular weight is 674 g/mol. The molecule has 0 saturated carbocycles. The van der Waals surface area contributed by atoms with Crippen LogP contribution < -0.4 is 0 Å². The van der Waals surface area contributed by atoms with Crippen molar-refractivity contribution in [1.82, 2.24) is 4.40 Å². The van der Waals surface area contributed by atoms with E-state index in [9.17, 15) is 0 Å². The minimum atomic E-state index is 0.906. The van der Waals surface area contributed by atoms with Crippen LogP contribution in [-0.4, -0.2) is 4.40 Å². The first-order valence-electron chi connectivity index (χ1n) is 18.2. The molecule has 13 rings (SSSR count). The summed E-state index contributed by atoms with van der Waals surface area (Å²) in [5.41, 5.74) is 12.2. The topological polar surface area (TPSA) is 30.7 Å². The van der Waals surface area contributed by atoms with Crippen molar-refractivity contribution in [3.05, 3.63) is 164 Å². The summed E-state index contributed by atoms with van der Waals surface area (Å²) in [6.07, 6.45) is 0. The summed E-state index contributed by atoms with van der Waals surface area (Å²) in [5.74, 6) is 0. The molecule has 0 aliphatic rings. The molecule has 0 spiro atoms. The van der Waals surface area contributed by atoms with E-state index in [1.54, 1.807) is 0 Å². The van der Waals surface area contributed by atoms with Crippen LogP contribution in [0.1, 0.15) is 0 Å². The summed E-state index contributed by atoms with van der Waals surface area (Å²) in [6.45, 7) is 0. The summed E-state index contributed by atoms with van der Waals surface area (Å²) in [4.78, 5) is 0. The second kappa shape index (κ2) is 9.81. The maximum Gasteiger partial charge on any atom is 0.136 e. The summed E-state index contributed by atoms with van der Waals surface area (Å²) in [5, 5.41) is 14.5. The highest BCUT2D eigenvalue weighted by Gasteiger charge is 2.26. The first-order valence-corrected chi connectivity index (χ1v) is 18.2. The number of nitrogens with zero attached hydrogens (tertiary/aromatic N) is 1. The minimum absolute atomic E-state index is 0.906. The lowest BCUT2D eigenvalue weighted by Gasteiger charge is -2.14. The van der Waals surface area contributed by atoms with Crippen LogP contribution in [0.2, 0.25) is 0 Å². The number of fused-ring (bicyclic) bond motifs is 14. The van der Waals surface area contributed by atoms with Crippen LogP contribution in [0.15, 0.2) is 173 Å². The van der Waals surface area contributed by atoms with E-state index in [1.807, 2.05) is 12.1 Å². The first-order chi connectivity index (χ1) is 26.3. The molecule has 3 heteroatoms. The highest BCUT2D eigenvalue weighted by atomic mass is 16.3. The third kappa shape index (κ3) is 3.44. The van der Waals surface area contributed by atoms with E-state index in [4.69, 9.17) is 8.83 Å². The number of para-hydroxylation sites is 3. The van der Waals surface area contributed by atoms with Gasteiger partial charge in [0.05, 0.1) is 16.6 Å². The Morgan fingerprint density at radius 1 is 0.321 bits per heavy atom. The van der Waals surface area contributed by atoms with Crippen LogP contribution in [0.5, 0.6) is 0 Å². The van der Waals surface area contributed by atoms with Crippen molar-refractivity contribution < 1.29 is 8.83 Å². The number of aromatic nitrogens is 1. The van der Waals surface area contributed by atoms with Gasteiger partial charge in [0.15, 0.2) is 0 Å². The number of benzene rings is 9. The predicted octanol–water partition coefficient (Wildman–Crippen LogP) is 14.3. The Bertz CT molecular complexity index is 3450. The molecule has 53 heavy (non-hydrogen) atoms. The molecule has 4 heterocycles. The zero-order valence-corrected chi connectivity index (χ0v) is 28.4. The summed E-state index contributed by atoms with van der Waals surface area (Å²) in [6, 6.07) is 59.2.